The Morgan fingerprint density at radius 2 is 2.11 bits per heavy atom. The van der Waals surface area contributed by atoms with Crippen molar-refractivity contribution < 1.29 is 19.7 Å². The van der Waals surface area contributed by atoms with E-state index in [2.05, 4.69) is 4.90 Å². The highest BCUT2D eigenvalue weighted by atomic mass is 16.6. The number of aliphatic hydroxyl groups excluding tert-OH is 1. The van der Waals surface area contributed by atoms with Gasteiger partial charge in [-0.15, -0.1) is 0 Å². The largest absolute Gasteiger partial charge is 0.459 e. The lowest BCUT2D eigenvalue weighted by Crippen LogP contribution is -2.46. The van der Waals surface area contributed by atoms with Crippen molar-refractivity contribution >= 4 is 5.97 Å². The molecular formula is C13H23NO4. The average molecular weight is 257 g/mol. The second-order valence-electron chi connectivity index (χ2n) is 5.82. The molecule has 0 aliphatic carbocycles. The number of carbonyl (C=O) groups is 1. The Balaban J connectivity index is 2.01. The van der Waals surface area contributed by atoms with E-state index >= 15 is 0 Å². The summed E-state index contributed by atoms with van der Waals surface area (Å²) < 4.78 is 5.46. The standard InChI is InChI=1S/C13H23NO4/c1-4-13(2,17)12(16)18-11-6-8-5-9(15)7-10(11)14(8)3/h8-11,15,17H,4-7H2,1-3H3/t8-,9?,10+,11?,13?/m0/s1. The quantitative estimate of drug-likeness (QED) is 0.711. The number of piperidine rings is 1. The summed E-state index contributed by atoms with van der Waals surface area (Å²) in [5.74, 6) is -0.551. The van der Waals surface area contributed by atoms with Crippen molar-refractivity contribution in [3.63, 3.8) is 0 Å². The first-order valence-corrected chi connectivity index (χ1v) is 6.68. The molecule has 0 aromatic rings. The maximum atomic E-state index is 11.9. The Bertz CT molecular complexity index is 331. The molecule has 2 bridgehead atoms. The Hall–Kier alpha value is -0.650. The van der Waals surface area contributed by atoms with Crippen molar-refractivity contribution in [1.29, 1.82) is 0 Å². The summed E-state index contributed by atoms with van der Waals surface area (Å²) >= 11 is 0. The maximum Gasteiger partial charge on any atom is 0.338 e. The smallest absolute Gasteiger partial charge is 0.338 e. The highest BCUT2D eigenvalue weighted by Crippen LogP contribution is 2.36. The minimum absolute atomic E-state index is 0.0790. The number of likely N-dealkylation sites (N-methyl/N-ethyl adjacent to an activating group) is 1. The monoisotopic (exact) mass is 257 g/mol. The fourth-order valence-corrected chi connectivity index (χ4v) is 2.93. The van der Waals surface area contributed by atoms with E-state index in [9.17, 15) is 15.0 Å². The fourth-order valence-electron chi connectivity index (χ4n) is 2.93. The number of fused-ring (bicyclic) bond motifs is 2. The summed E-state index contributed by atoms with van der Waals surface area (Å²) in [7, 11) is 2.01. The number of ether oxygens (including phenoxy) is 1. The summed E-state index contributed by atoms with van der Waals surface area (Å²) in [4.78, 5) is 14.1. The molecule has 0 amide bonds. The van der Waals surface area contributed by atoms with E-state index < -0.39 is 11.6 Å². The van der Waals surface area contributed by atoms with Gasteiger partial charge in [0.2, 0.25) is 0 Å². The number of esters is 1. The van der Waals surface area contributed by atoms with E-state index in [4.69, 9.17) is 4.74 Å². The molecular weight excluding hydrogens is 234 g/mol. The number of nitrogens with zero attached hydrogens (tertiary/aromatic N) is 1. The molecule has 2 aliphatic rings. The van der Waals surface area contributed by atoms with E-state index in [-0.39, 0.29) is 24.3 Å². The number of carbonyl (C=O) groups excluding carboxylic acids is 1. The van der Waals surface area contributed by atoms with Gasteiger partial charge in [0.25, 0.3) is 0 Å². The minimum atomic E-state index is -1.41. The fraction of sp³-hybridized carbons (Fsp3) is 0.923. The minimum Gasteiger partial charge on any atom is -0.459 e. The van der Waals surface area contributed by atoms with Gasteiger partial charge in [0.05, 0.1) is 6.10 Å². The number of hydrogen-bond acceptors (Lipinski definition) is 5. The van der Waals surface area contributed by atoms with Crippen molar-refractivity contribution in [2.24, 2.45) is 0 Å². The zero-order valence-electron chi connectivity index (χ0n) is 11.3. The molecule has 2 aliphatic heterocycles. The zero-order valence-corrected chi connectivity index (χ0v) is 11.3. The van der Waals surface area contributed by atoms with Crippen LogP contribution in [0, 0.1) is 0 Å². The molecule has 0 spiro atoms. The van der Waals surface area contributed by atoms with Gasteiger partial charge in [0.15, 0.2) is 5.60 Å². The van der Waals surface area contributed by atoms with Gasteiger partial charge in [0, 0.05) is 18.5 Å². The lowest BCUT2D eigenvalue weighted by atomic mass is 10.0. The van der Waals surface area contributed by atoms with Gasteiger partial charge in [-0.3, -0.25) is 4.90 Å². The molecule has 0 saturated carbocycles. The lowest BCUT2D eigenvalue weighted by Gasteiger charge is -2.34. The molecule has 0 aromatic carbocycles. The van der Waals surface area contributed by atoms with Crippen molar-refractivity contribution in [2.75, 3.05) is 7.05 Å². The maximum absolute atomic E-state index is 11.9. The third-order valence-electron chi connectivity index (χ3n) is 4.48. The SMILES string of the molecule is CCC(C)(O)C(=O)OC1C[C@@H]2CC(O)C[C@H]1N2C. The van der Waals surface area contributed by atoms with E-state index in [1.165, 1.54) is 6.92 Å². The van der Waals surface area contributed by atoms with Gasteiger partial charge < -0.3 is 14.9 Å². The van der Waals surface area contributed by atoms with Crippen molar-refractivity contribution in [3.05, 3.63) is 0 Å². The van der Waals surface area contributed by atoms with E-state index in [1.54, 1.807) is 6.92 Å². The zero-order chi connectivity index (χ0) is 13.5. The van der Waals surface area contributed by atoms with Gasteiger partial charge in [-0.25, -0.2) is 4.79 Å². The summed E-state index contributed by atoms with van der Waals surface area (Å²) in [6.07, 6.45) is 1.97. The predicted octanol–water partition coefficient (Wildman–Crippen LogP) is 0.287. The first kappa shape index (κ1) is 13.8. The van der Waals surface area contributed by atoms with Gasteiger partial charge in [-0.2, -0.15) is 0 Å². The van der Waals surface area contributed by atoms with Crippen LogP contribution in [-0.4, -0.2) is 58.0 Å². The predicted molar refractivity (Wildman–Crippen MR) is 66.0 cm³/mol. The molecule has 2 heterocycles. The van der Waals surface area contributed by atoms with Crippen LogP contribution in [-0.2, 0) is 9.53 Å². The summed E-state index contributed by atoms with van der Waals surface area (Å²) in [6.45, 7) is 3.24. The van der Waals surface area contributed by atoms with E-state index in [1.807, 2.05) is 7.05 Å². The van der Waals surface area contributed by atoms with Crippen molar-refractivity contribution in [3.8, 4) is 0 Å². The molecule has 104 valence electrons. The highest BCUT2D eigenvalue weighted by molar-refractivity contribution is 5.78. The van der Waals surface area contributed by atoms with Crippen LogP contribution in [0.15, 0.2) is 0 Å². The van der Waals surface area contributed by atoms with Crippen LogP contribution in [0.25, 0.3) is 0 Å². The van der Waals surface area contributed by atoms with Crippen LogP contribution in [0.3, 0.4) is 0 Å². The van der Waals surface area contributed by atoms with Crippen LogP contribution >= 0.6 is 0 Å². The second kappa shape index (κ2) is 4.79. The van der Waals surface area contributed by atoms with Crippen LogP contribution in [0.4, 0.5) is 0 Å². The first-order chi connectivity index (χ1) is 8.35. The Morgan fingerprint density at radius 3 is 2.72 bits per heavy atom. The van der Waals surface area contributed by atoms with Crippen LogP contribution in [0.5, 0.6) is 0 Å². The number of rotatable bonds is 3. The van der Waals surface area contributed by atoms with Gasteiger partial charge >= 0.3 is 5.97 Å². The Kier molecular flexibility index (Phi) is 3.67. The van der Waals surface area contributed by atoms with Gasteiger partial charge in [-0.05, 0) is 33.2 Å². The van der Waals surface area contributed by atoms with E-state index in [0.717, 1.165) is 12.8 Å². The summed E-state index contributed by atoms with van der Waals surface area (Å²) in [6, 6.07) is 0.360. The molecule has 2 N–H and O–H groups in total. The molecule has 0 aromatic heterocycles. The number of aliphatic hydroxyl groups is 2. The molecule has 3 unspecified atom stereocenters. The summed E-state index contributed by atoms with van der Waals surface area (Å²) in [5, 5.41) is 19.6. The topological polar surface area (TPSA) is 70.0 Å². The van der Waals surface area contributed by atoms with Crippen molar-refractivity contribution in [1.82, 2.24) is 4.90 Å². The molecule has 2 saturated heterocycles. The van der Waals surface area contributed by atoms with Gasteiger partial charge in [-0.1, -0.05) is 6.92 Å². The third-order valence-corrected chi connectivity index (χ3v) is 4.48. The van der Waals surface area contributed by atoms with E-state index in [0.29, 0.717) is 12.8 Å². The highest BCUT2D eigenvalue weighted by Gasteiger charge is 2.47. The van der Waals surface area contributed by atoms with Gasteiger partial charge in [0.1, 0.15) is 6.10 Å². The Morgan fingerprint density at radius 1 is 1.44 bits per heavy atom. The normalized spacial score (nSPS) is 39.4. The number of hydrogen-bond donors (Lipinski definition) is 2. The average Bonchev–Trinajstić information content (AvgIpc) is 2.50. The molecule has 5 nitrogen and oxygen atoms in total. The molecule has 0 radical (unpaired) electrons. The lowest BCUT2D eigenvalue weighted by molar-refractivity contribution is -0.171. The first-order valence-electron chi connectivity index (χ1n) is 6.68. The second-order valence-corrected chi connectivity index (χ2v) is 5.82. The Labute approximate surface area is 108 Å². The molecule has 5 atom stereocenters. The molecule has 18 heavy (non-hydrogen) atoms. The summed E-state index contributed by atoms with van der Waals surface area (Å²) in [5.41, 5.74) is -1.41. The molecule has 2 fully saturated rings. The van der Waals surface area contributed by atoms with Crippen LogP contribution < -0.4 is 0 Å². The van der Waals surface area contributed by atoms with Crippen LogP contribution in [0.1, 0.15) is 39.5 Å². The third kappa shape index (κ3) is 2.39. The van der Waals surface area contributed by atoms with Crippen molar-refractivity contribution in [2.45, 2.75) is 69.4 Å². The molecule has 5 heteroatoms. The van der Waals surface area contributed by atoms with Crippen LogP contribution in [0.2, 0.25) is 0 Å². The molecule has 2 rings (SSSR count).